The van der Waals surface area contributed by atoms with Crippen molar-refractivity contribution in [1.82, 2.24) is 10.3 Å². The minimum Gasteiger partial charge on any atom is -0.428 e. The molecule has 1 aromatic heterocycles. The molecule has 0 aromatic carbocycles. The number of amides is 1. The summed E-state index contributed by atoms with van der Waals surface area (Å²) in [5.41, 5.74) is 0.388. The van der Waals surface area contributed by atoms with Crippen LogP contribution in [0.3, 0.4) is 0 Å². The molecule has 2 rings (SSSR count). The fourth-order valence-corrected chi connectivity index (χ4v) is 1.76. The van der Waals surface area contributed by atoms with Gasteiger partial charge in [0, 0.05) is 20.1 Å². The van der Waals surface area contributed by atoms with E-state index in [9.17, 15) is 4.79 Å². The molecular weight excluding hydrogens is 194 g/mol. The van der Waals surface area contributed by atoms with Crippen molar-refractivity contribution in [3.05, 3.63) is 11.5 Å². The molecule has 15 heavy (non-hydrogen) atoms. The molecule has 5 heteroatoms. The molecule has 0 spiro atoms. The summed E-state index contributed by atoms with van der Waals surface area (Å²) in [5, 5.41) is 2.55. The molecule has 1 N–H and O–H groups in total. The van der Waals surface area contributed by atoms with Crippen molar-refractivity contribution in [2.24, 2.45) is 0 Å². The Morgan fingerprint density at radius 3 is 2.73 bits per heavy atom. The Kier molecular flexibility index (Phi) is 2.62. The van der Waals surface area contributed by atoms with Crippen LogP contribution in [0.5, 0.6) is 0 Å². The SMILES string of the molecule is CNC(=O)c1nc(N2CCCC2)oc1C. The molecule has 1 aliphatic rings. The highest BCUT2D eigenvalue weighted by Crippen LogP contribution is 2.22. The molecule has 1 saturated heterocycles. The van der Waals surface area contributed by atoms with Crippen molar-refractivity contribution in [1.29, 1.82) is 0 Å². The monoisotopic (exact) mass is 209 g/mol. The van der Waals surface area contributed by atoms with Gasteiger partial charge in [0.25, 0.3) is 11.9 Å². The van der Waals surface area contributed by atoms with Gasteiger partial charge in [0.15, 0.2) is 5.69 Å². The Morgan fingerprint density at radius 2 is 2.13 bits per heavy atom. The Labute approximate surface area is 88.5 Å². The van der Waals surface area contributed by atoms with Crippen LogP contribution in [0.25, 0.3) is 0 Å². The molecule has 0 bridgehead atoms. The van der Waals surface area contributed by atoms with Crippen molar-refractivity contribution >= 4 is 11.9 Å². The summed E-state index contributed by atoms with van der Waals surface area (Å²) in [6, 6.07) is 0.573. The average Bonchev–Trinajstić information content (AvgIpc) is 2.84. The first kappa shape index (κ1) is 10.0. The van der Waals surface area contributed by atoms with Crippen LogP contribution in [0.1, 0.15) is 29.1 Å². The Morgan fingerprint density at radius 1 is 1.47 bits per heavy atom. The molecule has 0 radical (unpaired) electrons. The molecule has 0 saturated carbocycles. The van der Waals surface area contributed by atoms with Gasteiger partial charge in [0.05, 0.1) is 0 Å². The lowest BCUT2D eigenvalue weighted by atomic mass is 10.3. The van der Waals surface area contributed by atoms with Crippen molar-refractivity contribution in [2.45, 2.75) is 19.8 Å². The highest BCUT2D eigenvalue weighted by Gasteiger charge is 2.21. The normalized spacial score (nSPS) is 15.7. The van der Waals surface area contributed by atoms with Gasteiger partial charge < -0.3 is 14.6 Å². The summed E-state index contributed by atoms with van der Waals surface area (Å²) < 4.78 is 5.48. The molecule has 0 aliphatic carbocycles. The van der Waals surface area contributed by atoms with Gasteiger partial charge in [-0.3, -0.25) is 4.79 Å². The van der Waals surface area contributed by atoms with Gasteiger partial charge in [-0.2, -0.15) is 4.98 Å². The lowest BCUT2D eigenvalue weighted by molar-refractivity contribution is 0.0957. The van der Waals surface area contributed by atoms with Crippen LogP contribution in [0.15, 0.2) is 4.42 Å². The summed E-state index contributed by atoms with van der Waals surface area (Å²) in [7, 11) is 1.59. The Bertz CT molecular complexity index is 367. The first-order valence-electron chi connectivity index (χ1n) is 5.17. The van der Waals surface area contributed by atoms with Crippen LogP contribution < -0.4 is 10.2 Å². The maximum absolute atomic E-state index is 11.4. The van der Waals surface area contributed by atoms with Crippen molar-refractivity contribution in [2.75, 3.05) is 25.0 Å². The first-order valence-corrected chi connectivity index (χ1v) is 5.17. The van der Waals surface area contributed by atoms with Gasteiger partial charge in [-0.1, -0.05) is 0 Å². The number of oxazole rings is 1. The highest BCUT2D eigenvalue weighted by atomic mass is 16.4. The van der Waals surface area contributed by atoms with Crippen LogP contribution in [0.2, 0.25) is 0 Å². The highest BCUT2D eigenvalue weighted by molar-refractivity contribution is 5.93. The third kappa shape index (κ3) is 1.82. The molecule has 82 valence electrons. The van der Waals surface area contributed by atoms with E-state index in [4.69, 9.17) is 4.42 Å². The number of aryl methyl sites for hydroxylation is 1. The summed E-state index contributed by atoms with van der Waals surface area (Å²) in [4.78, 5) is 17.7. The zero-order chi connectivity index (χ0) is 10.8. The number of nitrogens with zero attached hydrogens (tertiary/aromatic N) is 2. The largest absolute Gasteiger partial charge is 0.428 e. The van der Waals surface area contributed by atoms with E-state index >= 15 is 0 Å². The summed E-state index contributed by atoms with van der Waals surface area (Å²) in [5.74, 6) is 0.387. The number of aromatic nitrogens is 1. The number of rotatable bonds is 2. The second-order valence-corrected chi connectivity index (χ2v) is 3.67. The summed E-state index contributed by atoms with van der Waals surface area (Å²) in [6.07, 6.45) is 2.33. The van der Waals surface area contributed by atoms with E-state index in [0.717, 1.165) is 25.9 Å². The predicted molar refractivity (Wildman–Crippen MR) is 56.1 cm³/mol. The molecule has 0 atom stereocenters. The van der Waals surface area contributed by atoms with E-state index in [0.29, 0.717) is 17.5 Å². The fraction of sp³-hybridized carbons (Fsp3) is 0.600. The molecule has 2 heterocycles. The van der Waals surface area contributed by atoms with Crippen molar-refractivity contribution in [3.8, 4) is 0 Å². The van der Waals surface area contributed by atoms with Crippen LogP contribution in [-0.2, 0) is 0 Å². The number of hydrogen-bond donors (Lipinski definition) is 1. The number of nitrogens with one attached hydrogen (secondary N) is 1. The summed E-state index contributed by atoms with van der Waals surface area (Å²) in [6.45, 7) is 3.69. The number of carbonyl (C=O) groups is 1. The fourth-order valence-electron chi connectivity index (χ4n) is 1.76. The molecule has 5 nitrogen and oxygen atoms in total. The van der Waals surface area contributed by atoms with Crippen molar-refractivity contribution < 1.29 is 9.21 Å². The second-order valence-electron chi connectivity index (χ2n) is 3.67. The second kappa shape index (κ2) is 3.92. The molecular formula is C10H15N3O2. The van der Waals surface area contributed by atoms with Crippen molar-refractivity contribution in [3.63, 3.8) is 0 Å². The molecule has 0 unspecified atom stereocenters. The smallest absolute Gasteiger partial charge is 0.298 e. The third-order valence-corrected chi connectivity index (χ3v) is 2.60. The zero-order valence-corrected chi connectivity index (χ0v) is 9.04. The lowest BCUT2D eigenvalue weighted by Crippen LogP contribution is -2.20. The zero-order valence-electron chi connectivity index (χ0n) is 9.04. The molecule has 1 fully saturated rings. The Balaban J connectivity index is 2.23. The third-order valence-electron chi connectivity index (χ3n) is 2.60. The summed E-state index contributed by atoms with van der Waals surface area (Å²) >= 11 is 0. The minimum atomic E-state index is -0.193. The molecule has 1 aromatic rings. The quantitative estimate of drug-likeness (QED) is 0.787. The number of carbonyl (C=O) groups excluding carboxylic acids is 1. The van der Waals surface area contributed by atoms with Gasteiger partial charge in [-0.25, -0.2) is 0 Å². The van der Waals surface area contributed by atoms with Crippen LogP contribution in [-0.4, -0.2) is 31.0 Å². The van der Waals surface area contributed by atoms with E-state index < -0.39 is 0 Å². The molecule has 1 aliphatic heterocycles. The lowest BCUT2D eigenvalue weighted by Gasteiger charge is -2.10. The maximum atomic E-state index is 11.4. The van der Waals surface area contributed by atoms with Crippen LogP contribution in [0.4, 0.5) is 6.01 Å². The van der Waals surface area contributed by atoms with E-state index in [1.54, 1.807) is 14.0 Å². The van der Waals surface area contributed by atoms with E-state index in [-0.39, 0.29) is 5.91 Å². The van der Waals surface area contributed by atoms with Gasteiger partial charge in [0.1, 0.15) is 5.76 Å². The van der Waals surface area contributed by atoms with E-state index in [2.05, 4.69) is 15.2 Å². The molecule has 1 amide bonds. The van der Waals surface area contributed by atoms with Crippen LogP contribution in [0, 0.1) is 6.92 Å². The number of hydrogen-bond acceptors (Lipinski definition) is 4. The topological polar surface area (TPSA) is 58.4 Å². The Hall–Kier alpha value is -1.52. The maximum Gasteiger partial charge on any atom is 0.298 e. The van der Waals surface area contributed by atoms with Crippen LogP contribution >= 0.6 is 0 Å². The number of anilines is 1. The average molecular weight is 209 g/mol. The van der Waals surface area contributed by atoms with Gasteiger partial charge in [-0.15, -0.1) is 0 Å². The first-order chi connectivity index (χ1) is 7.22. The van der Waals surface area contributed by atoms with Gasteiger partial charge >= 0.3 is 0 Å². The van der Waals surface area contributed by atoms with E-state index in [1.165, 1.54) is 0 Å². The predicted octanol–water partition coefficient (Wildman–Crippen LogP) is 0.943. The standard InChI is InChI=1S/C10H15N3O2/c1-7-8(9(14)11-2)12-10(15-7)13-5-3-4-6-13/h3-6H2,1-2H3,(H,11,14). The van der Waals surface area contributed by atoms with E-state index in [1.807, 2.05) is 0 Å². The van der Waals surface area contributed by atoms with Gasteiger partial charge in [-0.05, 0) is 19.8 Å². The van der Waals surface area contributed by atoms with Gasteiger partial charge in [0.2, 0.25) is 0 Å². The minimum absolute atomic E-state index is 0.193.